The molecule has 88 valence electrons. The Morgan fingerprint density at radius 3 is 2.25 bits per heavy atom. The van der Waals surface area contributed by atoms with Gasteiger partial charge in [-0.1, -0.05) is 37.3 Å². The highest BCUT2D eigenvalue weighted by atomic mass is 16.3. The molecule has 0 saturated carbocycles. The standard InChI is InChI=1S/C14H20O2/c1-10(11(2)15)9-14(12(3)16)13-7-5-4-6-8-13/h4-8,10,12,14,16H,9H2,1-3H3. The van der Waals surface area contributed by atoms with Crippen molar-refractivity contribution in [3.8, 4) is 0 Å². The van der Waals surface area contributed by atoms with Crippen LogP contribution in [0.2, 0.25) is 0 Å². The number of hydrogen-bond donors (Lipinski definition) is 1. The van der Waals surface area contributed by atoms with E-state index >= 15 is 0 Å². The average molecular weight is 220 g/mol. The molecule has 0 heterocycles. The quantitative estimate of drug-likeness (QED) is 0.828. The van der Waals surface area contributed by atoms with Crippen molar-refractivity contribution in [2.45, 2.75) is 39.2 Å². The molecular weight excluding hydrogens is 200 g/mol. The molecule has 0 amide bonds. The van der Waals surface area contributed by atoms with Crippen molar-refractivity contribution >= 4 is 5.78 Å². The second kappa shape index (κ2) is 5.80. The van der Waals surface area contributed by atoms with E-state index in [1.54, 1.807) is 13.8 Å². The Labute approximate surface area is 97.3 Å². The molecule has 0 radical (unpaired) electrons. The number of benzene rings is 1. The number of Topliss-reactive ketones (excluding diaryl/α,β-unsaturated/α-hetero) is 1. The van der Waals surface area contributed by atoms with Crippen LogP contribution in [0, 0.1) is 5.92 Å². The molecule has 2 heteroatoms. The number of aliphatic hydroxyl groups is 1. The summed E-state index contributed by atoms with van der Waals surface area (Å²) in [6, 6.07) is 9.89. The van der Waals surface area contributed by atoms with Crippen LogP contribution in [0.1, 0.15) is 38.7 Å². The summed E-state index contributed by atoms with van der Waals surface area (Å²) in [7, 11) is 0. The van der Waals surface area contributed by atoms with E-state index in [1.165, 1.54) is 0 Å². The Morgan fingerprint density at radius 1 is 1.25 bits per heavy atom. The van der Waals surface area contributed by atoms with Crippen LogP contribution >= 0.6 is 0 Å². The van der Waals surface area contributed by atoms with Gasteiger partial charge in [0, 0.05) is 11.8 Å². The monoisotopic (exact) mass is 220 g/mol. The molecule has 16 heavy (non-hydrogen) atoms. The Bertz CT molecular complexity index is 330. The summed E-state index contributed by atoms with van der Waals surface area (Å²) >= 11 is 0. The fraction of sp³-hybridized carbons (Fsp3) is 0.500. The van der Waals surface area contributed by atoms with Gasteiger partial charge in [-0.05, 0) is 25.8 Å². The predicted octanol–water partition coefficient (Wildman–Crippen LogP) is 2.77. The molecule has 0 bridgehead atoms. The third-order valence-corrected chi connectivity index (χ3v) is 3.11. The first-order valence-corrected chi connectivity index (χ1v) is 5.75. The summed E-state index contributed by atoms with van der Waals surface area (Å²) in [4.78, 5) is 11.3. The first kappa shape index (κ1) is 12.9. The third kappa shape index (κ3) is 3.46. The van der Waals surface area contributed by atoms with Crippen LogP contribution < -0.4 is 0 Å². The van der Waals surface area contributed by atoms with Gasteiger partial charge in [-0.25, -0.2) is 0 Å². The number of carbonyl (C=O) groups is 1. The summed E-state index contributed by atoms with van der Waals surface area (Å²) in [5.74, 6) is 0.224. The highest BCUT2D eigenvalue weighted by Crippen LogP contribution is 2.27. The molecule has 0 aliphatic rings. The Balaban J connectivity index is 2.81. The lowest BCUT2D eigenvalue weighted by Crippen LogP contribution is -2.20. The van der Waals surface area contributed by atoms with Crippen molar-refractivity contribution in [2.75, 3.05) is 0 Å². The van der Waals surface area contributed by atoms with Gasteiger partial charge in [0.15, 0.2) is 0 Å². The van der Waals surface area contributed by atoms with Crippen LogP contribution in [0.3, 0.4) is 0 Å². The molecule has 3 atom stereocenters. The van der Waals surface area contributed by atoms with E-state index in [1.807, 2.05) is 37.3 Å². The van der Waals surface area contributed by atoms with Crippen molar-refractivity contribution in [2.24, 2.45) is 5.92 Å². The van der Waals surface area contributed by atoms with E-state index in [9.17, 15) is 9.90 Å². The average Bonchev–Trinajstić information content (AvgIpc) is 2.26. The summed E-state index contributed by atoms with van der Waals surface area (Å²) in [6.45, 7) is 5.31. The second-order valence-corrected chi connectivity index (χ2v) is 4.51. The maximum absolute atomic E-state index is 11.3. The normalized spacial score (nSPS) is 16.5. The molecule has 0 fully saturated rings. The van der Waals surface area contributed by atoms with E-state index in [-0.39, 0.29) is 17.6 Å². The van der Waals surface area contributed by atoms with Crippen LogP contribution in [0.15, 0.2) is 30.3 Å². The molecule has 0 saturated heterocycles. The summed E-state index contributed by atoms with van der Waals surface area (Å²) < 4.78 is 0. The lowest BCUT2D eigenvalue weighted by Gasteiger charge is -2.22. The number of rotatable bonds is 5. The van der Waals surface area contributed by atoms with Crippen molar-refractivity contribution in [3.63, 3.8) is 0 Å². The fourth-order valence-corrected chi connectivity index (χ4v) is 1.86. The Morgan fingerprint density at radius 2 is 1.81 bits per heavy atom. The van der Waals surface area contributed by atoms with Crippen molar-refractivity contribution in [1.29, 1.82) is 0 Å². The van der Waals surface area contributed by atoms with Crippen molar-refractivity contribution in [1.82, 2.24) is 0 Å². The zero-order valence-corrected chi connectivity index (χ0v) is 10.2. The van der Waals surface area contributed by atoms with E-state index < -0.39 is 6.10 Å². The highest BCUT2D eigenvalue weighted by molar-refractivity contribution is 5.77. The van der Waals surface area contributed by atoms with E-state index in [0.717, 1.165) is 5.56 Å². The number of aliphatic hydroxyl groups excluding tert-OH is 1. The summed E-state index contributed by atoms with van der Waals surface area (Å²) in [5, 5.41) is 9.78. The molecular formula is C14H20O2. The lowest BCUT2D eigenvalue weighted by atomic mass is 9.85. The van der Waals surface area contributed by atoms with Gasteiger partial charge in [0.05, 0.1) is 6.10 Å². The van der Waals surface area contributed by atoms with Gasteiger partial charge in [0.1, 0.15) is 5.78 Å². The first-order valence-electron chi connectivity index (χ1n) is 5.75. The van der Waals surface area contributed by atoms with Crippen molar-refractivity contribution in [3.05, 3.63) is 35.9 Å². The largest absolute Gasteiger partial charge is 0.393 e. The van der Waals surface area contributed by atoms with Gasteiger partial charge in [0.2, 0.25) is 0 Å². The number of carbonyl (C=O) groups excluding carboxylic acids is 1. The minimum Gasteiger partial charge on any atom is -0.393 e. The second-order valence-electron chi connectivity index (χ2n) is 4.51. The smallest absolute Gasteiger partial charge is 0.132 e. The fourth-order valence-electron chi connectivity index (χ4n) is 1.86. The Hall–Kier alpha value is -1.15. The molecule has 1 rings (SSSR count). The van der Waals surface area contributed by atoms with Gasteiger partial charge in [-0.15, -0.1) is 0 Å². The molecule has 0 aliphatic carbocycles. The van der Waals surface area contributed by atoms with Gasteiger partial charge in [-0.2, -0.15) is 0 Å². The van der Waals surface area contributed by atoms with Crippen LogP contribution in [0.4, 0.5) is 0 Å². The molecule has 2 nitrogen and oxygen atoms in total. The SMILES string of the molecule is CC(=O)C(C)CC(c1ccccc1)C(C)O. The van der Waals surface area contributed by atoms with Gasteiger partial charge >= 0.3 is 0 Å². The zero-order chi connectivity index (χ0) is 12.1. The molecule has 0 aromatic heterocycles. The topological polar surface area (TPSA) is 37.3 Å². The maximum Gasteiger partial charge on any atom is 0.132 e. The minimum atomic E-state index is -0.427. The minimum absolute atomic E-state index is 0.000180. The van der Waals surface area contributed by atoms with Gasteiger partial charge < -0.3 is 5.11 Å². The molecule has 1 aromatic carbocycles. The zero-order valence-electron chi connectivity index (χ0n) is 10.2. The molecule has 0 spiro atoms. The van der Waals surface area contributed by atoms with Crippen LogP contribution in [0.25, 0.3) is 0 Å². The van der Waals surface area contributed by atoms with Crippen LogP contribution in [0.5, 0.6) is 0 Å². The van der Waals surface area contributed by atoms with Crippen LogP contribution in [-0.2, 0) is 4.79 Å². The summed E-state index contributed by atoms with van der Waals surface area (Å²) in [5.41, 5.74) is 1.10. The third-order valence-electron chi connectivity index (χ3n) is 3.11. The number of ketones is 1. The highest BCUT2D eigenvalue weighted by Gasteiger charge is 2.21. The molecule has 1 aromatic rings. The maximum atomic E-state index is 11.3. The van der Waals surface area contributed by atoms with Gasteiger partial charge in [-0.3, -0.25) is 4.79 Å². The van der Waals surface area contributed by atoms with Crippen LogP contribution in [-0.4, -0.2) is 17.0 Å². The van der Waals surface area contributed by atoms with Crippen molar-refractivity contribution < 1.29 is 9.90 Å². The Kier molecular flexibility index (Phi) is 4.69. The summed E-state index contributed by atoms with van der Waals surface area (Å²) in [6.07, 6.45) is 0.279. The van der Waals surface area contributed by atoms with E-state index in [2.05, 4.69) is 0 Å². The van der Waals surface area contributed by atoms with E-state index in [0.29, 0.717) is 6.42 Å². The molecule has 0 aliphatic heterocycles. The van der Waals surface area contributed by atoms with E-state index in [4.69, 9.17) is 0 Å². The first-order chi connectivity index (χ1) is 7.52. The number of hydrogen-bond acceptors (Lipinski definition) is 2. The van der Waals surface area contributed by atoms with Gasteiger partial charge in [0.25, 0.3) is 0 Å². The molecule has 1 N–H and O–H groups in total. The lowest BCUT2D eigenvalue weighted by molar-refractivity contribution is -0.120. The predicted molar refractivity (Wildman–Crippen MR) is 65.3 cm³/mol. The molecule has 3 unspecified atom stereocenters.